The van der Waals surface area contributed by atoms with E-state index in [1.165, 1.54) is 31.5 Å². The molecule has 0 aliphatic rings. The van der Waals surface area contributed by atoms with Crippen molar-refractivity contribution >= 4 is 17.0 Å². The molecule has 8 nitrogen and oxygen atoms in total. The van der Waals surface area contributed by atoms with Crippen molar-refractivity contribution in [2.45, 2.75) is 12.7 Å². The normalized spacial score (nSPS) is 11.5. The molecule has 2 N–H and O–H groups in total. The Morgan fingerprint density at radius 2 is 1.81 bits per heavy atom. The quantitative estimate of drug-likeness (QED) is 0.492. The van der Waals surface area contributed by atoms with E-state index in [-0.39, 0.29) is 29.1 Å². The first-order chi connectivity index (χ1) is 15.3. The number of nitrogens with one attached hydrogen (secondary N) is 2. The number of aromatic nitrogens is 4. The second-order valence-electron chi connectivity index (χ2n) is 6.73. The molecule has 0 radical (unpaired) electrons. The van der Waals surface area contributed by atoms with Gasteiger partial charge in [0.15, 0.2) is 5.65 Å². The number of hydrogen-bond acceptors (Lipinski definition) is 6. The summed E-state index contributed by atoms with van der Waals surface area (Å²) < 4.78 is 45.4. The highest BCUT2D eigenvalue weighted by Gasteiger charge is 2.32. The molecule has 2 heterocycles. The number of anilines is 1. The van der Waals surface area contributed by atoms with Crippen molar-refractivity contribution in [2.75, 3.05) is 12.4 Å². The van der Waals surface area contributed by atoms with Crippen LogP contribution in [0.4, 0.5) is 19.1 Å². The molecule has 2 aromatic carbocycles. The molecule has 0 aliphatic heterocycles. The first-order valence-electron chi connectivity index (χ1n) is 9.33. The molecule has 2 aromatic heterocycles. The van der Waals surface area contributed by atoms with Gasteiger partial charge < -0.3 is 10.1 Å². The molecule has 11 heteroatoms. The summed E-state index contributed by atoms with van der Waals surface area (Å²) in [6.07, 6.45) is -3.29. The Balaban J connectivity index is 1.66. The maximum atomic E-state index is 13.1. The number of aromatic amines is 1. The molecular formula is C21H16F3N5O3. The fourth-order valence-electron chi connectivity index (χ4n) is 3.18. The maximum Gasteiger partial charge on any atom is 0.416 e. The van der Waals surface area contributed by atoms with E-state index in [0.29, 0.717) is 11.4 Å². The summed E-state index contributed by atoms with van der Waals surface area (Å²) in [7, 11) is 1.49. The molecule has 0 fully saturated rings. The number of methoxy groups -OCH3 is 1. The molecular weight excluding hydrogens is 427 g/mol. The molecule has 4 aromatic rings. The van der Waals surface area contributed by atoms with Gasteiger partial charge in [0.05, 0.1) is 18.4 Å². The van der Waals surface area contributed by atoms with E-state index in [2.05, 4.69) is 20.3 Å². The third-order valence-electron chi connectivity index (χ3n) is 4.74. The molecule has 0 unspecified atom stereocenters. The van der Waals surface area contributed by atoms with Crippen molar-refractivity contribution in [1.29, 1.82) is 0 Å². The average molecular weight is 443 g/mol. The van der Waals surface area contributed by atoms with Crippen LogP contribution in [-0.4, -0.2) is 26.6 Å². The second-order valence-corrected chi connectivity index (χ2v) is 6.73. The van der Waals surface area contributed by atoms with Crippen molar-refractivity contribution < 1.29 is 17.9 Å². The molecule has 4 rings (SSSR count). The minimum absolute atomic E-state index is 0.00659. The molecule has 0 bridgehead atoms. The van der Waals surface area contributed by atoms with Crippen molar-refractivity contribution in [3.8, 4) is 11.4 Å². The molecule has 32 heavy (non-hydrogen) atoms. The number of fused-ring (bicyclic) bond motifs is 1. The van der Waals surface area contributed by atoms with E-state index in [1.54, 1.807) is 24.3 Å². The maximum absolute atomic E-state index is 13.1. The summed E-state index contributed by atoms with van der Waals surface area (Å²) in [5.41, 5.74) is -1.84. The first-order valence-corrected chi connectivity index (χ1v) is 9.33. The van der Waals surface area contributed by atoms with Gasteiger partial charge in [0.2, 0.25) is 5.95 Å². The second kappa shape index (κ2) is 8.17. The van der Waals surface area contributed by atoms with Crippen LogP contribution in [0.3, 0.4) is 0 Å². The van der Waals surface area contributed by atoms with E-state index < -0.39 is 23.0 Å². The summed E-state index contributed by atoms with van der Waals surface area (Å²) >= 11 is 0. The number of ether oxygens (including phenoxy) is 1. The van der Waals surface area contributed by atoms with Crippen molar-refractivity contribution in [3.63, 3.8) is 0 Å². The zero-order valence-electron chi connectivity index (χ0n) is 16.6. The SMILES string of the molecule is COc1ccc(-n2c(=O)[nH]c3nc(NCc4ccccc4C(F)(F)F)ncc3c2=O)cc1. The van der Waals surface area contributed by atoms with Crippen LogP contribution in [0.2, 0.25) is 0 Å². The molecule has 0 saturated carbocycles. The van der Waals surface area contributed by atoms with E-state index in [4.69, 9.17) is 4.74 Å². The van der Waals surface area contributed by atoms with Crippen LogP contribution >= 0.6 is 0 Å². The number of H-pyrrole nitrogens is 1. The Morgan fingerprint density at radius 1 is 1.09 bits per heavy atom. The first kappa shape index (κ1) is 21.1. The van der Waals surface area contributed by atoms with E-state index >= 15 is 0 Å². The number of alkyl halides is 3. The van der Waals surface area contributed by atoms with Crippen LogP contribution in [0, 0.1) is 0 Å². The number of benzene rings is 2. The van der Waals surface area contributed by atoms with Gasteiger partial charge in [-0.1, -0.05) is 18.2 Å². The van der Waals surface area contributed by atoms with E-state index in [0.717, 1.165) is 10.6 Å². The fraction of sp³-hybridized carbons (Fsp3) is 0.143. The van der Waals surface area contributed by atoms with Gasteiger partial charge in [-0.05, 0) is 35.9 Å². The van der Waals surface area contributed by atoms with Gasteiger partial charge in [0.1, 0.15) is 11.1 Å². The standard InChI is InChI=1S/C21H16F3N5O3/c1-32-14-8-6-13(7-9-14)29-18(30)15-11-26-19(27-17(15)28-20(29)31)25-10-12-4-2-3-5-16(12)21(22,23)24/h2-9,11H,10H2,1H3,(H2,25,26,27,28,31). The van der Waals surface area contributed by atoms with Gasteiger partial charge in [-0.3, -0.25) is 9.78 Å². The van der Waals surface area contributed by atoms with Gasteiger partial charge >= 0.3 is 11.9 Å². The van der Waals surface area contributed by atoms with Crippen molar-refractivity contribution in [3.05, 3.63) is 86.7 Å². The van der Waals surface area contributed by atoms with Crippen LogP contribution < -0.4 is 21.3 Å². The van der Waals surface area contributed by atoms with Crippen molar-refractivity contribution in [1.82, 2.24) is 19.5 Å². The largest absolute Gasteiger partial charge is 0.497 e. The summed E-state index contributed by atoms with van der Waals surface area (Å²) in [4.78, 5) is 35.9. The van der Waals surface area contributed by atoms with Crippen LogP contribution in [0.1, 0.15) is 11.1 Å². The highest BCUT2D eigenvalue weighted by molar-refractivity contribution is 5.73. The Kier molecular flexibility index (Phi) is 5.39. The van der Waals surface area contributed by atoms with Gasteiger partial charge in [-0.15, -0.1) is 0 Å². The van der Waals surface area contributed by atoms with Crippen LogP contribution in [-0.2, 0) is 12.7 Å². The van der Waals surface area contributed by atoms with E-state index in [1.807, 2.05) is 0 Å². The Morgan fingerprint density at radius 3 is 2.50 bits per heavy atom. The van der Waals surface area contributed by atoms with Crippen LogP contribution in [0.15, 0.2) is 64.3 Å². The van der Waals surface area contributed by atoms with E-state index in [9.17, 15) is 22.8 Å². The van der Waals surface area contributed by atoms with Gasteiger partial charge in [-0.2, -0.15) is 18.2 Å². The molecule has 164 valence electrons. The number of halogens is 3. The molecule has 0 aliphatic carbocycles. The smallest absolute Gasteiger partial charge is 0.416 e. The lowest BCUT2D eigenvalue weighted by molar-refractivity contribution is -0.138. The minimum Gasteiger partial charge on any atom is -0.497 e. The Labute approximate surface area is 178 Å². The van der Waals surface area contributed by atoms with Crippen LogP contribution in [0.5, 0.6) is 5.75 Å². The predicted molar refractivity (Wildman–Crippen MR) is 111 cm³/mol. The van der Waals surface area contributed by atoms with Crippen molar-refractivity contribution in [2.24, 2.45) is 0 Å². The number of rotatable bonds is 5. The van der Waals surface area contributed by atoms with Gasteiger partial charge in [-0.25, -0.2) is 14.3 Å². The monoisotopic (exact) mass is 443 g/mol. The molecule has 0 atom stereocenters. The lowest BCUT2D eigenvalue weighted by Crippen LogP contribution is -2.34. The topological polar surface area (TPSA) is 102 Å². The predicted octanol–water partition coefficient (Wildman–Crippen LogP) is 3.11. The number of hydrogen-bond donors (Lipinski definition) is 2. The molecule has 0 saturated heterocycles. The lowest BCUT2D eigenvalue weighted by atomic mass is 10.1. The minimum atomic E-state index is -4.50. The summed E-state index contributed by atoms with van der Waals surface area (Å²) in [6, 6.07) is 11.4. The Bertz CT molecular complexity index is 1400. The summed E-state index contributed by atoms with van der Waals surface area (Å²) in [5.74, 6) is 0.525. The zero-order chi connectivity index (χ0) is 22.9. The molecule has 0 amide bonds. The Hall–Kier alpha value is -4.15. The fourth-order valence-corrected chi connectivity index (χ4v) is 3.18. The average Bonchev–Trinajstić information content (AvgIpc) is 2.77. The summed E-state index contributed by atoms with van der Waals surface area (Å²) in [5, 5.41) is 2.74. The lowest BCUT2D eigenvalue weighted by Gasteiger charge is -2.13. The highest BCUT2D eigenvalue weighted by Crippen LogP contribution is 2.32. The summed E-state index contributed by atoms with van der Waals surface area (Å²) in [6.45, 7) is -0.200. The van der Waals surface area contributed by atoms with Gasteiger partial charge in [0, 0.05) is 12.7 Å². The number of nitrogens with zero attached hydrogens (tertiary/aromatic N) is 3. The van der Waals surface area contributed by atoms with Gasteiger partial charge in [0.25, 0.3) is 5.56 Å². The highest BCUT2D eigenvalue weighted by atomic mass is 19.4. The van der Waals surface area contributed by atoms with Crippen LogP contribution in [0.25, 0.3) is 16.7 Å². The zero-order valence-corrected chi connectivity index (χ0v) is 16.6. The third kappa shape index (κ3) is 4.04. The molecule has 0 spiro atoms. The third-order valence-corrected chi connectivity index (χ3v) is 4.74.